The summed E-state index contributed by atoms with van der Waals surface area (Å²) in [5.74, 6) is -3.58. The van der Waals surface area contributed by atoms with Gasteiger partial charge in [0, 0.05) is 25.7 Å². The molecule has 16 heteroatoms. The maximum Gasteiger partial charge on any atom is 1.00 e. The number of ether oxygens (including phenoxy) is 2. The van der Waals surface area contributed by atoms with E-state index in [-0.39, 0.29) is 137 Å². The van der Waals surface area contributed by atoms with Crippen molar-refractivity contribution >= 4 is 34.0 Å². The predicted octanol–water partition coefficient (Wildman–Crippen LogP) is -1.61. The van der Waals surface area contributed by atoms with E-state index in [4.69, 9.17) is 19.7 Å². The van der Waals surface area contributed by atoms with Gasteiger partial charge in [-0.05, 0) is 64.2 Å². The molecule has 0 saturated carbocycles. The molecule has 3 atom stereocenters. The molecule has 0 rings (SSSR count). The van der Waals surface area contributed by atoms with E-state index in [1.54, 1.807) is 0 Å². The number of aliphatic carboxylic acids is 2. The molecule has 0 heterocycles. The summed E-state index contributed by atoms with van der Waals surface area (Å²) in [5, 5.41) is 15.4. The number of hydrogen-bond donors (Lipinski definition) is 3. The molecular weight excluding hydrogens is 780 g/mol. The molecule has 3 N–H and O–H groups in total. The zero-order valence-corrected chi connectivity index (χ0v) is 45.0. The number of carbonyl (C=O) groups is 4. The third-order valence-electron chi connectivity index (χ3n) is 8.97. The Labute approximate surface area is 433 Å². The third kappa shape index (κ3) is 43.4. The first-order chi connectivity index (χ1) is 24.9. The van der Waals surface area contributed by atoms with Crippen molar-refractivity contribution in [2.24, 2.45) is 0 Å². The summed E-state index contributed by atoms with van der Waals surface area (Å²) in [6.45, 7) is 4.19. The predicted molar refractivity (Wildman–Crippen MR) is 209 cm³/mol. The Bertz CT molecular complexity index is 1160. The molecule has 0 amide bonds. The maximum absolute atomic E-state index is 13.2. The van der Waals surface area contributed by atoms with Crippen molar-refractivity contribution in [3.05, 3.63) is 24.3 Å². The fourth-order valence-corrected chi connectivity index (χ4v) is 6.50. The quantitative estimate of drug-likeness (QED) is 0.0217. The van der Waals surface area contributed by atoms with Gasteiger partial charge in [-0.2, -0.15) is 8.42 Å². The monoisotopic (exact) mass is 854 g/mol. The molecule has 0 aliphatic rings. The molecule has 11 nitrogen and oxygen atoms in total. The SMILES string of the molecule is CCCCCC[C@H](C/C=C\CCCCCCCC(=O)O)OC(=O)CC(C(=O)O[C@@H](C/C=C\CCCCCCCC(=O)O)CCCCCC)S(=O)(=O)O.[H-].[H-].[H-].[H-].[Na+].[Na+].[Na+].[Na+]. The summed E-state index contributed by atoms with van der Waals surface area (Å²) in [4.78, 5) is 47.4. The normalized spacial score (nSPS) is 12.7. The van der Waals surface area contributed by atoms with Gasteiger partial charge < -0.3 is 25.4 Å². The largest absolute Gasteiger partial charge is 1.00 e. The average Bonchev–Trinajstić information content (AvgIpc) is 3.07. The number of allylic oxidation sites excluding steroid dienone is 2. The van der Waals surface area contributed by atoms with Crippen LogP contribution in [-0.4, -0.2) is 64.5 Å². The van der Waals surface area contributed by atoms with Crippen molar-refractivity contribution in [2.75, 3.05) is 0 Å². The molecule has 0 fully saturated rings. The Morgan fingerprint density at radius 1 is 0.554 bits per heavy atom. The fraction of sp³-hybridized carbons (Fsp3) is 0.800. The number of carbonyl (C=O) groups excluding carboxylic acids is 2. The number of esters is 2. The zero-order chi connectivity index (χ0) is 38.9. The molecule has 0 radical (unpaired) electrons. The first kappa shape index (κ1) is 66.4. The molecule has 0 bridgehead atoms. The Hall–Kier alpha value is 1.27. The zero-order valence-electron chi connectivity index (χ0n) is 40.1. The third-order valence-corrected chi connectivity index (χ3v) is 10.0. The number of unbranched alkanes of at least 4 members (excludes halogenated alkanes) is 16. The van der Waals surface area contributed by atoms with Crippen molar-refractivity contribution in [1.82, 2.24) is 0 Å². The summed E-state index contributed by atoms with van der Waals surface area (Å²) in [5.41, 5.74) is 0. The molecule has 1 unspecified atom stereocenters. The molecular formula is C40H74Na4O11S. The molecule has 0 saturated heterocycles. The molecule has 0 aromatic heterocycles. The van der Waals surface area contributed by atoms with E-state index in [9.17, 15) is 32.1 Å². The minimum Gasteiger partial charge on any atom is -1.00 e. The Balaban J connectivity index is -0.000000464. The standard InChI is InChI=1S/C40H70O11S.4Na.4H/c1-3-5-7-21-27-34(28-23-17-13-9-11-15-19-25-31-37(41)42)50-39(45)33-36(52(47,48)49)40(46)51-35(29-22-8-6-4-2)30-24-18-14-10-12-16-20-26-32-38(43)44;;;;;;;;/h17-18,23-24,34-36H,3-16,19-22,25-33H2,1-2H3,(H,41,42)(H,43,44)(H,47,48,49);;;;;;;;/q;4*+1;4*-1/b23-17-,24-18-;;;;;;;;/t34-,35-,36?;;;;;;;;/m1......../s1. The average molecular weight is 855 g/mol. The number of carboxylic acid groups (broad SMARTS) is 2. The van der Waals surface area contributed by atoms with Gasteiger partial charge in [0.25, 0.3) is 10.1 Å². The van der Waals surface area contributed by atoms with Gasteiger partial charge in [0.15, 0.2) is 5.25 Å². The van der Waals surface area contributed by atoms with Crippen LogP contribution in [0, 0.1) is 0 Å². The molecule has 0 spiro atoms. The summed E-state index contributed by atoms with van der Waals surface area (Å²) in [6.07, 6.45) is 26.6. The molecule has 310 valence electrons. The van der Waals surface area contributed by atoms with E-state index < -0.39 is 57.9 Å². The van der Waals surface area contributed by atoms with Crippen LogP contribution in [0.4, 0.5) is 0 Å². The van der Waals surface area contributed by atoms with Crippen LogP contribution < -0.4 is 118 Å². The maximum atomic E-state index is 13.2. The molecule has 0 aromatic carbocycles. The summed E-state index contributed by atoms with van der Waals surface area (Å²) in [7, 11) is -4.95. The van der Waals surface area contributed by atoms with Gasteiger partial charge in [0.2, 0.25) is 0 Å². The van der Waals surface area contributed by atoms with E-state index >= 15 is 0 Å². The van der Waals surface area contributed by atoms with Crippen LogP contribution in [0.5, 0.6) is 0 Å². The second-order valence-electron chi connectivity index (χ2n) is 13.9. The van der Waals surface area contributed by atoms with E-state index in [0.717, 1.165) is 116 Å². The van der Waals surface area contributed by atoms with Gasteiger partial charge in [-0.25, -0.2) is 0 Å². The van der Waals surface area contributed by atoms with Crippen LogP contribution in [0.25, 0.3) is 0 Å². The first-order valence-electron chi connectivity index (χ1n) is 20.0. The van der Waals surface area contributed by atoms with Crippen molar-refractivity contribution in [3.8, 4) is 0 Å². The molecule has 0 aromatic rings. The van der Waals surface area contributed by atoms with Crippen molar-refractivity contribution in [2.45, 2.75) is 205 Å². The van der Waals surface area contributed by atoms with Gasteiger partial charge in [0.1, 0.15) is 12.2 Å². The van der Waals surface area contributed by atoms with E-state index in [1.165, 1.54) is 0 Å². The van der Waals surface area contributed by atoms with Gasteiger partial charge >= 0.3 is 142 Å². The molecule has 56 heavy (non-hydrogen) atoms. The first-order valence-corrected chi connectivity index (χ1v) is 21.5. The van der Waals surface area contributed by atoms with Crippen LogP contribution in [0.3, 0.4) is 0 Å². The smallest absolute Gasteiger partial charge is 1.00 e. The van der Waals surface area contributed by atoms with Crippen LogP contribution in [0.1, 0.15) is 193 Å². The van der Waals surface area contributed by atoms with Crippen molar-refractivity contribution in [3.63, 3.8) is 0 Å². The number of carboxylic acids is 2. The second kappa shape index (κ2) is 45.8. The number of rotatable bonds is 36. The second-order valence-corrected chi connectivity index (χ2v) is 15.5. The Kier molecular flexibility index (Phi) is 54.3. The van der Waals surface area contributed by atoms with Crippen molar-refractivity contribution in [1.29, 1.82) is 0 Å². The Morgan fingerprint density at radius 3 is 1.32 bits per heavy atom. The van der Waals surface area contributed by atoms with Gasteiger partial charge in [0.05, 0.1) is 6.42 Å². The van der Waals surface area contributed by atoms with Gasteiger partial charge in [-0.1, -0.05) is 115 Å². The van der Waals surface area contributed by atoms with Crippen LogP contribution >= 0.6 is 0 Å². The van der Waals surface area contributed by atoms with E-state index in [2.05, 4.69) is 13.8 Å². The molecule has 0 aliphatic heterocycles. The Morgan fingerprint density at radius 2 is 0.929 bits per heavy atom. The van der Waals surface area contributed by atoms with Gasteiger partial charge in [-0.15, -0.1) is 0 Å². The fourth-order valence-electron chi connectivity index (χ4n) is 5.85. The summed E-state index contributed by atoms with van der Waals surface area (Å²) < 4.78 is 45.9. The minimum absolute atomic E-state index is 0. The molecule has 0 aliphatic carbocycles. The summed E-state index contributed by atoms with van der Waals surface area (Å²) in [6, 6.07) is 0. The van der Waals surface area contributed by atoms with Crippen molar-refractivity contribution < 1.29 is 176 Å². The van der Waals surface area contributed by atoms with E-state index in [1.807, 2.05) is 24.3 Å². The topological polar surface area (TPSA) is 182 Å². The minimum atomic E-state index is -4.95. The van der Waals surface area contributed by atoms with Crippen LogP contribution in [0.2, 0.25) is 0 Å². The van der Waals surface area contributed by atoms with Gasteiger partial charge in [-0.3, -0.25) is 23.7 Å². The summed E-state index contributed by atoms with van der Waals surface area (Å²) >= 11 is 0. The van der Waals surface area contributed by atoms with E-state index in [0.29, 0.717) is 38.5 Å². The van der Waals surface area contributed by atoms with Crippen LogP contribution in [0.15, 0.2) is 24.3 Å². The van der Waals surface area contributed by atoms with Crippen LogP contribution in [-0.2, 0) is 38.8 Å². The number of hydrogen-bond acceptors (Lipinski definition) is 8.